The van der Waals surface area contributed by atoms with E-state index >= 15 is 0 Å². The Morgan fingerprint density at radius 2 is 1.91 bits per heavy atom. The summed E-state index contributed by atoms with van der Waals surface area (Å²) in [7, 11) is 0. The summed E-state index contributed by atoms with van der Waals surface area (Å²) in [5.74, 6) is 0.0484. The molecule has 1 aliphatic rings. The Kier molecular flexibility index (Phi) is 5.75. The second-order valence-corrected chi connectivity index (χ2v) is 7.08. The van der Waals surface area contributed by atoms with Crippen LogP contribution >= 0.6 is 46.9 Å². The molecule has 3 rings (SSSR count). The Hall–Kier alpha value is -0.780. The molecule has 0 radical (unpaired) electrons. The topological polar surface area (TPSA) is 46.3 Å². The molecule has 0 spiro atoms. The molecule has 1 saturated heterocycles. The molecular formula is C15H15Cl3N2OS. The first kappa shape index (κ1) is 17.6. The number of carbonyl (C=O) groups excluding carboxylic acids is 1. The fraction of sp³-hybridized carbons (Fsp3) is 0.267. The predicted octanol–water partition coefficient (Wildman–Crippen LogP) is 4.32. The highest BCUT2D eigenvalue weighted by molar-refractivity contribution is 7.17. The van der Waals surface area contributed by atoms with E-state index < -0.39 is 0 Å². The maximum absolute atomic E-state index is 12.4. The van der Waals surface area contributed by atoms with Crippen molar-refractivity contribution in [1.82, 2.24) is 4.90 Å². The van der Waals surface area contributed by atoms with Gasteiger partial charge in [-0.2, -0.15) is 0 Å². The first-order valence-corrected chi connectivity index (χ1v) is 8.21. The van der Waals surface area contributed by atoms with Crippen molar-refractivity contribution in [3.63, 3.8) is 0 Å². The molecule has 22 heavy (non-hydrogen) atoms. The maximum Gasteiger partial charge on any atom is 0.263 e. The molecule has 3 nitrogen and oxygen atoms in total. The molecule has 1 aromatic heterocycles. The Morgan fingerprint density at radius 1 is 1.23 bits per heavy atom. The SMILES string of the molecule is Cl.N[C@@H]1CCN(C(=O)c2ccc(-c3cc(Cl)cc(Cl)c3)s2)C1. The lowest BCUT2D eigenvalue weighted by Gasteiger charge is -2.14. The van der Waals surface area contributed by atoms with Gasteiger partial charge in [-0.15, -0.1) is 23.7 Å². The lowest BCUT2D eigenvalue weighted by molar-refractivity contribution is 0.0795. The molecule has 1 amide bonds. The number of amides is 1. The summed E-state index contributed by atoms with van der Waals surface area (Å²) in [5, 5.41) is 1.17. The van der Waals surface area contributed by atoms with Gasteiger partial charge in [0.15, 0.2) is 0 Å². The summed E-state index contributed by atoms with van der Waals surface area (Å²) in [6.45, 7) is 1.37. The van der Waals surface area contributed by atoms with Crippen LogP contribution in [0.4, 0.5) is 0 Å². The first-order chi connectivity index (χ1) is 10.0. The van der Waals surface area contributed by atoms with Crippen molar-refractivity contribution < 1.29 is 4.79 Å². The molecule has 0 saturated carbocycles. The molecule has 0 unspecified atom stereocenters. The third-order valence-electron chi connectivity index (χ3n) is 3.48. The number of benzene rings is 1. The lowest BCUT2D eigenvalue weighted by Crippen LogP contribution is -2.31. The van der Waals surface area contributed by atoms with Gasteiger partial charge in [-0.3, -0.25) is 4.79 Å². The van der Waals surface area contributed by atoms with E-state index in [9.17, 15) is 4.79 Å². The van der Waals surface area contributed by atoms with Crippen LogP contribution in [-0.2, 0) is 0 Å². The third-order valence-corrected chi connectivity index (χ3v) is 5.03. The highest BCUT2D eigenvalue weighted by Crippen LogP contribution is 2.33. The number of rotatable bonds is 2. The molecule has 1 atom stereocenters. The largest absolute Gasteiger partial charge is 0.336 e. The smallest absolute Gasteiger partial charge is 0.263 e. The summed E-state index contributed by atoms with van der Waals surface area (Å²) < 4.78 is 0. The Bertz CT molecular complexity index is 669. The highest BCUT2D eigenvalue weighted by Gasteiger charge is 2.25. The van der Waals surface area contributed by atoms with Gasteiger partial charge in [0.05, 0.1) is 4.88 Å². The van der Waals surface area contributed by atoms with Crippen molar-refractivity contribution >= 4 is 52.9 Å². The molecule has 0 bridgehead atoms. The van der Waals surface area contributed by atoms with Crippen LogP contribution in [0.25, 0.3) is 10.4 Å². The number of thiophene rings is 1. The highest BCUT2D eigenvalue weighted by atomic mass is 35.5. The Labute approximate surface area is 149 Å². The standard InChI is InChI=1S/C15H14Cl2N2OS.ClH/c16-10-5-9(6-11(17)7-10)13-1-2-14(21-13)15(20)19-4-3-12(18)8-19;/h1-2,5-7,12H,3-4,8,18H2;1H/t12-;/m1./s1. The van der Waals surface area contributed by atoms with Crippen LogP contribution in [0, 0.1) is 0 Å². The van der Waals surface area contributed by atoms with Gasteiger partial charge in [0, 0.05) is 34.1 Å². The van der Waals surface area contributed by atoms with Gasteiger partial charge in [0.1, 0.15) is 0 Å². The Balaban J connectivity index is 0.00000176. The van der Waals surface area contributed by atoms with Crippen LogP contribution in [0.1, 0.15) is 16.1 Å². The summed E-state index contributed by atoms with van der Waals surface area (Å²) in [6.07, 6.45) is 0.869. The van der Waals surface area contributed by atoms with Crippen LogP contribution in [0.15, 0.2) is 30.3 Å². The number of hydrogen-bond donors (Lipinski definition) is 1. The molecule has 2 heterocycles. The summed E-state index contributed by atoms with van der Waals surface area (Å²) >= 11 is 13.5. The van der Waals surface area contributed by atoms with Gasteiger partial charge in [0.25, 0.3) is 5.91 Å². The molecule has 118 valence electrons. The van der Waals surface area contributed by atoms with Gasteiger partial charge in [-0.05, 0) is 42.3 Å². The second-order valence-electron chi connectivity index (χ2n) is 5.12. The van der Waals surface area contributed by atoms with E-state index in [4.69, 9.17) is 28.9 Å². The molecule has 7 heteroatoms. The minimum Gasteiger partial charge on any atom is -0.336 e. The zero-order valence-corrected chi connectivity index (χ0v) is 14.7. The molecule has 0 aliphatic carbocycles. The van der Waals surface area contributed by atoms with Crippen LogP contribution < -0.4 is 5.73 Å². The number of hydrogen-bond acceptors (Lipinski definition) is 3. The van der Waals surface area contributed by atoms with Crippen molar-refractivity contribution in [3.8, 4) is 10.4 Å². The number of nitrogens with zero attached hydrogens (tertiary/aromatic N) is 1. The number of likely N-dealkylation sites (tertiary alicyclic amines) is 1. The number of carbonyl (C=O) groups is 1. The van der Waals surface area contributed by atoms with Crippen LogP contribution in [0.5, 0.6) is 0 Å². The minimum absolute atomic E-state index is 0. The van der Waals surface area contributed by atoms with E-state index in [0.717, 1.165) is 28.3 Å². The monoisotopic (exact) mass is 376 g/mol. The molecule has 1 aliphatic heterocycles. The molecule has 1 fully saturated rings. The van der Waals surface area contributed by atoms with Gasteiger partial charge < -0.3 is 10.6 Å². The van der Waals surface area contributed by atoms with Crippen LogP contribution in [-0.4, -0.2) is 29.9 Å². The van der Waals surface area contributed by atoms with Gasteiger partial charge in [-0.25, -0.2) is 0 Å². The molecular weight excluding hydrogens is 363 g/mol. The molecule has 2 aromatic rings. The van der Waals surface area contributed by atoms with E-state index in [-0.39, 0.29) is 24.4 Å². The van der Waals surface area contributed by atoms with Crippen molar-refractivity contribution in [2.24, 2.45) is 5.73 Å². The fourth-order valence-corrected chi connectivity index (χ4v) is 3.92. The predicted molar refractivity (Wildman–Crippen MR) is 95.5 cm³/mol. The summed E-state index contributed by atoms with van der Waals surface area (Å²) in [5.41, 5.74) is 6.78. The average molecular weight is 378 g/mol. The zero-order valence-electron chi connectivity index (χ0n) is 11.6. The normalized spacial score (nSPS) is 17.4. The maximum atomic E-state index is 12.4. The fourth-order valence-electron chi connectivity index (χ4n) is 2.43. The summed E-state index contributed by atoms with van der Waals surface area (Å²) in [4.78, 5) is 15.9. The van der Waals surface area contributed by atoms with E-state index in [1.165, 1.54) is 11.3 Å². The summed E-state index contributed by atoms with van der Waals surface area (Å²) in [6, 6.07) is 9.26. The van der Waals surface area contributed by atoms with Crippen molar-refractivity contribution in [1.29, 1.82) is 0 Å². The first-order valence-electron chi connectivity index (χ1n) is 6.64. The minimum atomic E-state index is 0. The van der Waals surface area contributed by atoms with E-state index in [1.807, 2.05) is 29.2 Å². The average Bonchev–Trinajstić information content (AvgIpc) is 3.05. The van der Waals surface area contributed by atoms with Gasteiger partial charge in [-0.1, -0.05) is 23.2 Å². The van der Waals surface area contributed by atoms with Crippen LogP contribution in [0.2, 0.25) is 10.0 Å². The van der Waals surface area contributed by atoms with E-state index in [1.54, 1.807) is 6.07 Å². The van der Waals surface area contributed by atoms with E-state index in [0.29, 0.717) is 16.6 Å². The number of halogens is 3. The van der Waals surface area contributed by atoms with Crippen molar-refractivity contribution in [2.45, 2.75) is 12.5 Å². The van der Waals surface area contributed by atoms with E-state index in [2.05, 4.69) is 0 Å². The zero-order chi connectivity index (χ0) is 15.0. The Morgan fingerprint density at radius 3 is 2.50 bits per heavy atom. The number of nitrogens with two attached hydrogens (primary N) is 1. The lowest BCUT2D eigenvalue weighted by atomic mass is 10.2. The molecule has 1 aromatic carbocycles. The molecule has 2 N–H and O–H groups in total. The van der Waals surface area contributed by atoms with Gasteiger partial charge >= 0.3 is 0 Å². The third kappa shape index (κ3) is 3.76. The van der Waals surface area contributed by atoms with Crippen molar-refractivity contribution in [3.05, 3.63) is 45.3 Å². The van der Waals surface area contributed by atoms with Crippen LogP contribution in [0.3, 0.4) is 0 Å². The quantitative estimate of drug-likeness (QED) is 0.847. The van der Waals surface area contributed by atoms with Gasteiger partial charge in [0.2, 0.25) is 0 Å². The van der Waals surface area contributed by atoms with Crippen molar-refractivity contribution in [2.75, 3.05) is 13.1 Å². The second kappa shape index (κ2) is 7.20.